The summed E-state index contributed by atoms with van der Waals surface area (Å²) in [4.78, 5) is 6.60. The predicted molar refractivity (Wildman–Crippen MR) is 104 cm³/mol. The number of hydrogen-bond acceptors (Lipinski definition) is 3. The van der Waals surface area contributed by atoms with E-state index in [0.717, 1.165) is 62.6 Å². The Morgan fingerprint density at radius 2 is 1.59 bits per heavy atom. The lowest BCUT2D eigenvalue weighted by Crippen LogP contribution is -2.37. The highest BCUT2D eigenvalue weighted by Gasteiger charge is 2.22. The Morgan fingerprint density at radius 1 is 0.926 bits per heavy atom. The van der Waals surface area contributed by atoms with Crippen molar-refractivity contribution < 1.29 is 9.13 Å². The van der Waals surface area contributed by atoms with E-state index < -0.39 is 0 Å². The van der Waals surface area contributed by atoms with E-state index in [1.807, 2.05) is 36.7 Å². The summed E-state index contributed by atoms with van der Waals surface area (Å²) in [5.41, 5.74) is 4.45. The number of hydrogen-bond donors (Lipinski definition) is 0. The fourth-order valence-electron chi connectivity index (χ4n) is 3.76. The lowest BCUT2D eigenvalue weighted by Gasteiger charge is -2.32. The van der Waals surface area contributed by atoms with Gasteiger partial charge in [0.1, 0.15) is 5.82 Å². The molecule has 1 aliphatic heterocycles. The Labute approximate surface area is 159 Å². The molecule has 6 heteroatoms. The number of aromatic nitrogens is 3. The molecule has 27 heavy (non-hydrogen) atoms. The van der Waals surface area contributed by atoms with Gasteiger partial charge in [0.15, 0.2) is 0 Å². The van der Waals surface area contributed by atoms with Gasteiger partial charge in [-0.15, -0.1) is 0 Å². The first kappa shape index (κ1) is 17.9. The molecule has 0 saturated carbocycles. The molecule has 1 saturated heterocycles. The molecule has 0 unspecified atom stereocenters. The van der Waals surface area contributed by atoms with Gasteiger partial charge in [0.2, 0.25) is 0 Å². The van der Waals surface area contributed by atoms with Crippen molar-refractivity contribution in [2.75, 3.05) is 32.8 Å². The first-order chi connectivity index (χ1) is 13.2. The molecule has 3 heterocycles. The zero-order valence-corrected chi connectivity index (χ0v) is 15.6. The largest absolute Gasteiger partial charge is 0.379 e. The molecular weight excluding hydrogens is 343 g/mol. The molecule has 0 atom stereocenters. The molecule has 1 aromatic carbocycles. The third kappa shape index (κ3) is 3.82. The topological polar surface area (TPSA) is 35.2 Å². The minimum Gasteiger partial charge on any atom is -0.379 e. The van der Waals surface area contributed by atoms with E-state index in [9.17, 15) is 4.39 Å². The molecule has 1 fully saturated rings. The van der Waals surface area contributed by atoms with Gasteiger partial charge in [0.25, 0.3) is 0 Å². The highest BCUT2D eigenvalue weighted by atomic mass is 19.1. The molecular formula is C21H25FN4O. The van der Waals surface area contributed by atoms with E-state index in [4.69, 9.17) is 4.74 Å². The summed E-state index contributed by atoms with van der Waals surface area (Å²) in [6.45, 7) is 5.72. The molecule has 0 aliphatic carbocycles. The smallest absolute Gasteiger partial charge is 0.123 e. The van der Waals surface area contributed by atoms with E-state index in [1.54, 1.807) is 0 Å². The summed E-state index contributed by atoms with van der Waals surface area (Å²) >= 11 is 0. The summed E-state index contributed by atoms with van der Waals surface area (Å²) in [5.74, 6) is -0.214. The van der Waals surface area contributed by atoms with Gasteiger partial charge >= 0.3 is 0 Å². The van der Waals surface area contributed by atoms with Gasteiger partial charge in [-0.05, 0) is 42.8 Å². The van der Waals surface area contributed by atoms with E-state index in [-0.39, 0.29) is 5.82 Å². The SMILES string of the molecule is Cn1c(-c2ccc(F)cc2)c(-c2ccncc2)n1CCCN1CCOCC1. The number of pyridine rings is 1. The van der Waals surface area contributed by atoms with Gasteiger partial charge in [-0.2, -0.15) is 0 Å². The summed E-state index contributed by atoms with van der Waals surface area (Å²) in [7, 11) is 2.07. The van der Waals surface area contributed by atoms with E-state index in [2.05, 4.69) is 26.3 Å². The highest BCUT2D eigenvalue weighted by Crippen LogP contribution is 2.35. The first-order valence-electron chi connectivity index (χ1n) is 9.46. The van der Waals surface area contributed by atoms with Crippen LogP contribution >= 0.6 is 0 Å². The van der Waals surface area contributed by atoms with Gasteiger partial charge in [-0.25, -0.2) is 4.39 Å². The molecule has 0 bridgehead atoms. The van der Waals surface area contributed by atoms with Crippen molar-refractivity contribution in [1.29, 1.82) is 0 Å². The fourth-order valence-corrected chi connectivity index (χ4v) is 3.76. The van der Waals surface area contributed by atoms with Crippen LogP contribution in [0, 0.1) is 5.82 Å². The van der Waals surface area contributed by atoms with Gasteiger partial charge in [0.05, 0.1) is 24.6 Å². The van der Waals surface area contributed by atoms with E-state index >= 15 is 0 Å². The second kappa shape index (κ2) is 8.06. The fraction of sp³-hybridized carbons (Fsp3) is 0.381. The molecule has 2 aromatic heterocycles. The number of halogens is 1. The third-order valence-electron chi connectivity index (χ3n) is 5.19. The molecule has 142 valence electrons. The molecule has 0 N–H and O–H groups in total. The van der Waals surface area contributed by atoms with Crippen LogP contribution in [0.15, 0.2) is 48.8 Å². The number of rotatable bonds is 6. The monoisotopic (exact) mass is 368 g/mol. The minimum atomic E-state index is -0.214. The van der Waals surface area contributed by atoms with Gasteiger partial charge in [-0.3, -0.25) is 19.2 Å². The Hall–Kier alpha value is -2.44. The van der Waals surface area contributed by atoms with E-state index in [1.165, 1.54) is 17.8 Å². The van der Waals surface area contributed by atoms with Crippen LogP contribution in [0.5, 0.6) is 0 Å². The van der Waals surface area contributed by atoms with Crippen LogP contribution in [0.3, 0.4) is 0 Å². The summed E-state index contributed by atoms with van der Waals surface area (Å²) in [6.07, 6.45) is 4.71. The second-order valence-electron chi connectivity index (χ2n) is 6.89. The average molecular weight is 368 g/mol. The van der Waals surface area contributed by atoms with Crippen LogP contribution in [0.1, 0.15) is 6.42 Å². The summed E-state index contributed by atoms with van der Waals surface area (Å²) in [6, 6.07) is 10.8. The maximum absolute atomic E-state index is 13.3. The molecule has 0 radical (unpaired) electrons. The molecule has 1 aliphatic rings. The lowest BCUT2D eigenvalue weighted by atomic mass is 10.0. The molecule has 0 spiro atoms. The van der Waals surface area contributed by atoms with Crippen molar-refractivity contribution >= 4 is 0 Å². The van der Waals surface area contributed by atoms with Gasteiger partial charge in [-0.1, -0.05) is 0 Å². The van der Waals surface area contributed by atoms with Crippen molar-refractivity contribution in [3.63, 3.8) is 0 Å². The molecule has 3 aromatic rings. The Balaban J connectivity index is 1.57. The van der Waals surface area contributed by atoms with Crippen molar-refractivity contribution in [3.05, 3.63) is 54.6 Å². The normalized spacial score (nSPS) is 15.3. The Kier molecular flexibility index (Phi) is 5.36. The van der Waals surface area contributed by atoms with Gasteiger partial charge < -0.3 is 4.74 Å². The van der Waals surface area contributed by atoms with Crippen molar-refractivity contribution in [3.8, 4) is 22.5 Å². The number of morpholine rings is 1. The standard InChI is InChI=1S/C21H25FN4O/c1-24-20(17-3-5-19(22)6-4-17)21(18-7-9-23-10-8-18)26(24)12-2-11-25-13-15-27-16-14-25/h3-10H,2,11-16H2,1H3. The second-order valence-corrected chi connectivity index (χ2v) is 6.89. The van der Waals surface area contributed by atoms with Crippen LogP contribution < -0.4 is 0 Å². The molecule has 4 rings (SSSR count). The van der Waals surface area contributed by atoms with Crippen LogP contribution in [-0.4, -0.2) is 52.1 Å². The Bertz CT molecular complexity index is 864. The maximum atomic E-state index is 13.3. The first-order valence-corrected chi connectivity index (χ1v) is 9.46. The van der Waals surface area contributed by atoms with Crippen LogP contribution in [-0.2, 0) is 18.3 Å². The Morgan fingerprint density at radius 3 is 2.30 bits per heavy atom. The average Bonchev–Trinajstić information content (AvgIpc) is 2.72. The summed E-state index contributed by atoms with van der Waals surface area (Å²) in [5, 5.41) is 0. The van der Waals surface area contributed by atoms with Crippen molar-refractivity contribution in [1.82, 2.24) is 19.2 Å². The zero-order chi connectivity index (χ0) is 18.6. The molecule has 5 nitrogen and oxygen atoms in total. The van der Waals surface area contributed by atoms with Gasteiger partial charge in [0, 0.05) is 56.7 Å². The summed E-state index contributed by atoms with van der Waals surface area (Å²) < 4.78 is 23.2. The zero-order valence-electron chi connectivity index (χ0n) is 15.6. The maximum Gasteiger partial charge on any atom is 0.123 e. The van der Waals surface area contributed by atoms with Crippen molar-refractivity contribution in [2.45, 2.75) is 13.0 Å². The highest BCUT2D eigenvalue weighted by molar-refractivity contribution is 5.80. The van der Waals surface area contributed by atoms with E-state index in [0.29, 0.717) is 0 Å². The lowest BCUT2D eigenvalue weighted by molar-refractivity contribution is 0.0366. The van der Waals surface area contributed by atoms with Crippen LogP contribution in [0.25, 0.3) is 22.5 Å². The number of ether oxygens (including phenoxy) is 1. The number of nitrogens with zero attached hydrogens (tertiary/aromatic N) is 4. The van der Waals surface area contributed by atoms with Crippen molar-refractivity contribution in [2.24, 2.45) is 7.05 Å². The third-order valence-corrected chi connectivity index (χ3v) is 5.19. The van der Waals surface area contributed by atoms with Crippen LogP contribution in [0.4, 0.5) is 4.39 Å². The minimum absolute atomic E-state index is 0.214. The predicted octanol–water partition coefficient (Wildman–Crippen LogP) is 3.42. The number of benzene rings is 1. The quantitative estimate of drug-likeness (QED) is 0.669. The molecule has 0 amide bonds. The van der Waals surface area contributed by atoms with Crippen LogP contribution in [0.2, 0.25) is 0 Å².